The number of hydrogen-bond donors (Lipinski definition) is 2. The number of nitrogens with one attached hydrogen (secondary N) is 1. The van der Waals surface area contributed by atoms with Gasteiger partial charge in [0.2, 0.25) is 5.43 Å². The summed E-state index contributed by atoms with van der Waals surface area (Å²) in [5.74, 6) is -0.788. The first-order chi connectivity index (χ1) is 11.0. The Balaban J connectivity index is 2.01. The largest absolute Gasteiger partial charge is 0.507 e. The van der Waals surface area contributed by atoms with Gasteiger partial charge in [-0.25, -0.2) is 0 Å². The van der Waals surface area contributed by atoms with E-state index in [2.05, 4.69) is 5.32 Å². The highest BCUT2D eigenvalue weighted by Gasteiger charge is 2.16. The summed E-state index contributed by atoms with van der Waals surface area (Å²) in [6, 6.07) is 9.98. The highest BCUT2D eigenvalue weighted by atomic mass is 16.3. The molecule has 5 heteroatoms. The number of benzene rings is 2. The summed E-state index contributed by atoms with van der Waals surface area (Å²) in [4.78, 5) is 24.8. The maximum absolute atomic E-state index is 12.4. The van der Waals surface area contributed by atoms with Gasteiger partial charge in [-0.2, -0.15) is 0 Å². The lowest BCUT2D eigenvalue weighted by molar-refractivity contribution is 0.102. The SMILES string of the molecule is Cc1ccc(NC(=O)c2coc3cccc(O)c3c2=O)cc1C. The second-order valence-corrected chi connectivity index (χ2v) is 5.38. The quantitative estimate of drug-likeness (QED) is 0.760. The van der Waals surface area contributed by atoms with Crippen molar-refractivity contribution in [3.8, 4) is 5.75 Å². The van der Waals surface area contributed by atoms with Crippen molar-refractivity contribution < 1.29 is 14.3 Å². The van der Waals surface area contributed by atoms with Crippen molar-refractivity contribution in [3.05, 3.63) is 69.6 Å². The fourth-order valence-corrected chi connectivity index (χ4v) is 2.33. The Kier molecular flexibility index (Phi) is 3.62. The molecule has 0 fully saturated rings. The molecule has 116 valence electrons. The average molecular weight is 309 g/mol. The predicted molar refractivity (Wildman–Crippen MR) is 88.0 cm³/mol. The molecule has 0 aliphatic heterocycles. The van der Waals surface area contributed by atoms with Crippen molar-refractivity contribution in [2.24, 2.45) is 0 Å². The van der Waals surface area contributed by atoms with Crippen LogP contribution in [-0.2, 0) is 0 Å². The summed E-state index contributed by atoms with van der Waals surface area (Å²) in [5, 5.41) is 12.5. The molecule has 2 aromatic carbocycles. The van der Waals surface area contributed by atoms with Gasteiger partial charge in [0.05, 0.1) is 0 Å². The van der Waals surface area contributed by atoms with Gasteiger partial charge >= 0.3 is 0 Å². The fraction of sp³-hybridized carbons (Fsp3) is 0.111. The minimum Gasteiger partial charge on any atom is -0.507 e. The second-order valence-electron chi connectivity index (χ2n) is 5.38. The molecule has 1 amide bonds. The van der Waals surface area contributed by atoms with Gasteiger partial charge in [0.15, 0.2) is 0 Å². The van der Waals surface area contributed by atoms with E-state index in [0.717, 1.165) is 17.4 Å². The first-order valence-corrected chi connectivity index (χ1v) is 7.09. The number of phenolic OH excluding ortho intramolecular Hbond substituents is 1. The predicted octanol–water partition coefficient (Wildman–Crippen LogP) is 3.37. The molecule has 3 aromatic rings. The third-order valence-electron chi connectivity index (χ3n) is 3.79. The summed E-state index contributed by atoms with van der Waals surface area (Å²) in [5.41, 5.74) is 2.25. The molecule has 0 saturated carbocycles. The number of amides is 1. The number of phenols is 1. The lowest BCUT2D eigenvalue weighted by Gasteiger charge is -2.08. The maximum atomic E-state index is 12.4. The summed E-state index contributed by atoms with van der Waals surface area (Å²) in [7, 11) is 0. The van der Waals surface area contributed by atoms with Crippen LogP contribution in [0.2, 0.25) is 0 Å². The third-order valence-corrected chi connectivity index (χ3v) is 3.79. The lowest BCUT2D eigenvalue weighted by atomic mass is 10.1. The molecule has 0 spiro atoms. The minimum absolute atomic E-state index is 0.000219. The molecule has 0 unspecified atom stereocenters. The standard InChI is InChI=1S/C18H15NO4/c1-10-6-7-12(8-11(10)2)19-18(22)13-9-23-15-5-3-4-14(20)16(15)17(13)21/h3-9,20H,1-2H3,(H,19,22). The van der Waals surface area contributed by atoms with E-state index in [0.29, 0.717) is 5.69 Å². The topological polar surface area (TPSA) is 79.5 Å². The van der Waals surface area contributed by atoms with Crippen molar-refractivity contribution in [1.29, 1.82) is 0 Å². The van der Waals surface area contributed by atoms with E-state index in [1.807, 2.05) is 26.0 Å². The summed E-state index contributed by atoms with van der Waals surface area (Å²) < 4.78 is 5.29. The number of carbonyl (C=O) groups excluding carboxylic acids is 1. The Hall–Kier alpha value is -3.08. The monoisotopic (exact) mass is 309 g/mol. The number of hydrogen-bond acceptors (Lipinski definition) is 4. The zero-order chi connectivity index (χ0) is 16.6. The van der Waals surface area contributed by atoms with Crippen LogP contribution in [0.4, 0.5) is 5.69 Å². The van der Waals surface area contributed by atoms with Crippen molar-refractivity contribution in [2.45, 2.75) is 13.8 Å². The number of anilines is 1. The maximum Gasteiger partial charge on any atom is 0.262 e. The van der Waals surface area contributed by atoms with Gasteiger partial charge in [0.1, 0.15) is 28.5 Å². The molecule has 1 heterocycles. The number of rotatable bonds is 2. The Morgan fingerprint density at radius 3 is 2.65 bits per heavy atom. The van der Waals surface area contributed by atoms with Crippen LogP contribution in [0.5, 0.6) is 5.75 Å². The van der Waals surface area contributed by atoms with Crippen molar-refractivity contribution >= 4 is 22.6 Å². The Bertz CT molecular complexity index is 972. The number of carbonyl (C=O) groups is 1. The molecule has 0 saturated heterocycles. The van der Waals surface area contributed by atoms with Crippen LogP contribution >= 0.6 is 0 Å². The molecule has 3 rings (SSSR count). The van der Waals surface area contributed by atoms with E-state index in [1.165, 1.54) is 6.07 Å². The zero-order valence-corrected chi connectivity index (χ0v) is 12.7. The molecule has 0 aliphatic rings. The van der Waals surface area contributed by atoms with Crippen LogP contribution in [0.25, 0.3) is 11.0 Å². The highest BCUT2D eigenvalue weighted by Crippen LogP contribution is 2.22. The van der Waals surface area contributed by atoms with Crippen molar-refractivity contribution in [1.82, 2.24) is 0 Å². The minimum atomic E-state index is -0.577. The molecular weight excluding hydrogens is 294 g/mol. The van der Waals surface area contributed by atoms with Gasteiger partial charge < -0.3 is 14.8 Å². The van der Waals surface area contributed by atoms with Crippen molar-refractivity contribution in [3.63, 3.8) is 0 Å². The van der Waals surface area contributed by atoms with Crippen LogP contribution in [0, 0.1) is 13.8 Å². The van der Waals surface area contributed by atoms with Crippen LogP contribution in [0.1, 0.15) is 21.5 Å². The van der Waals surface area contributed by atoms with Gasteiger partial charge in [-0.1, -0.05) is 12.1 Å². The number of fused-ring (bicyclic) bond motifs is 1. The lowest BCUT2D eigenvalue weighted by Crippen LogP contribution is -2.21. The van der Waals surface area contributed by atoms with Gasteiger partial charge in [0.25, 0.3) is 5.91 Å². The van der Waals surface area contributed by atoms with Crippen LogP contribution in [0.3, 0.4) is 0 Å². The Morgan fingerprint density at radius 2 is 1.91 bits per heavy atom. The number of aryl methyl sites for hydroxylation is 2. The van der Waals surface area contributed by atoms with E-state index >= 15 is 0 Å². The molecule has 2 N–H and O–H groups in total. The molecule has 23 heavy (non-hydrogen) atoms. The molecule has 0 bridgehead atoms. The van der Waals surface area contributed by atoms with Crippen LogP contribution < -0.4 is 10.7 Å². The third kappa shape index (κ3) is 2.68. The highest BCUT2D eigenvalue weighted by molar-refractivity contribution is 6.05. The van der Waals surface area contributed by atoms with E-state index in [4.69, 9.17) is 4.42 Å². The van der Waals surface area contributed by atoms with Gasteiger partial charge in [-0.3, -0.25) is 9.59 Å². The summed E-state index contributed by atoms with van der Waals surface area (Å²) in [6.07, 6.45) is 1.11. The van der Waals surface area contributed by atoms with E-state index in [1.54, 1.807) is 18.2 Å². The molecular formula is C18H15NO4. The number of aromatic hydroxyl groups is 1. The zero-order valence-electron chi connectivity index (χ0n) is 12.7. The molecule has 0 atom stereocenters. The van der Waals surface area contributed by atoms with Crippen LogP contribution in [-0.4, -0.2) is 11.0 Å². The van der Waals surface area contributed by atoms with Gasteiger partial charge in [-0.05, 0) is 49.2 Å². The van der Waals surface area contributed by atoms with Crippen LogP contribution in [0.15, 0.2) is 51.9 Å². The Labute approximate surface area is 132 Å². The summed E-state index contributed by atoms with van der Waals surface area (Å²) in [6.45, 7) is 3.91. The normalized spacial score (nSPS) is 10.7. The van der Waals surface area contributed by atoms with E-state index in [-0.39, 0.29) is 22.3 Å². The fourth-order valence-electron chi connectivity index (χ4n) is 2.33. The second kappa shape index (κ2) is 5.61. The molecule has 0 radical (unpaired) electrons. The Morgan fingerprint density at radius 1 is 1.13 bits per heavy atom. The summed E-state index contributed by atoms with van der Waals surface area (Å²) >= 11 is 0. The van der Waals surface area contributed by atoms with E-state index in [9.17, 15) is 14.7 Å². The van der Waals surface area contributed by atoms with Gasteiger partial charge in [-0.15, -0.1) is 0 Å². The molecule has 1 aromatic heterocycles. The van der Waals surface area contributed by atoms with E-state index < -0.39 is 11.3 Å². The molecule has 0 aliphatic carbocycles. The molecule has 5 nitrogen and oxygen atoms in total. The first-order valence-electron chi connectivity index (χ1n) is 7.09. The average Bonchev–Trinajstić information content (AvgIpc) is 2.51. The van der Waals surface area contributed by atoms with Crippen molar-refractivity contribution in [2.75, 3.05) is 5.32 Å². The van der Waals surface area contributed by atoms with Gasteiger partial charge in [0, 0.05) is 5.69 Å². The first kappa shape index (κ1) is 14.8. The smallest absolute Gasteiger partial charge is 0.262 e.